The van der Waals surface area contributed by atoms with Crippen LogP contribution in [0.25, 0.3) is 0 Å². The van der Waals surface area contributed by atoms with Crippen LogP contribution >= 0.6 is 0 Å². The van der Waals surface area contributed by atoms with Crippen molar-refractivity contribution in [3.8, 4) is 0 Å². The Morgan fingerprint density at radius 3 is 0.747 bits per heavy atom. The fraction of sp³-hybridized carbons (Fsp3) is 0.747. The van der Waals surface area contributed by atoms with Gasteiger partial charge in [0.1, 0.15) is 0 Å². The molecule has 5 rings (SSSR count). The Labute approximate surface area is 547 Å². The second kappa shape index (κ2) is 110. The summed E-state index contributed by atoms with van der Waals surface area (Å²) in [7, 11) is 4.39. The van der Waals surface area contributed by atoms with E-state index in [1.807, 2.05) is 92.7 Å². The standard InChI is InChI=1S/C10H22O2.C7H7NO.C7H14O2.2C6H13N.2C6H6.4C5H12.2C4H10.C3H8/c1-3-5-7-11-9-10-12-8-6-4-2;8-7(9)6-4-2-1-3-5-6;1-3-5-7(8)9-6-4-2;2*1-7-5-3-2-4-6-7;2*1-2-4-6-5-3-1;4*1-3-5-4-2;2*1-3-4-2;1-3-2/h3-10H2,1-2H3;1-5H,(H2,8,9);3-6H2,1-2H3;2*2-6H2,1H3;2*1-6H;4*3-5H2,1-2H3;2*3-4H2,1-2H3;3H2,1-2H3. The van der Waals surface area contributed by atoms with Crippen LogP contribution in [0, 0.1) is 0 Å². The third-order valence-electron chi connectivity index (χ3n) is 12.0. The van der Waals surface area contributed by atoms with Gasteiger partial charge in [-0.15, -0.1) is 0 Å². The van der Waals surface area contributed by atoms with Gasteiger partial charge in [0.25, 0.3) is 0 Å². The zero-order valence-electron chi connectivity index (χ0n) is 62.4. The van der Waals surface area contributed by atoms with Gasteiger partial charge in [-0.3, -0.25) is 9.59 Å². The van der Waals surface area contributed by atoms with Gasteiger partial charge in [-0.1, -0.05) is 350 Å². The van der Waals surface area contributed by atoms with Gasteiger partial charge >= 0.3 is 5.97 Å². The van der Waals surface area contributed by atoms with E-state index in [0.717, 1.165) is 52.1 Å². The van der Waals surface area contributed by atoms with Gasteiger partial charge in [0.2, 0.25) is 5.91 Å². The Bertz CT molecular complexity index is 1290. The number of esters is 1. The molecule has 0 atom stereocenters. The van der Waals surface area contributed by atoms with E-state index in [2.05, 4.69) is 135 Å². The minimum absolute atomic E-state index is 0.0700. The molecule has 87 heavy (non-hydrogen) atoms. The van der Waals surface area contributed by atoms with Gasteiger partial charge < -0.3 is 29.7 Å². The average molecular weight is 1230 g/mol. The number of hydrogen-bond acceptors (Lipinski definition) is 7. The molecule has 3 aromatic carbocycles. The number of piperidine rings is 2. The quantitative estimate of drug-likeness (QED) is 0.0705. The van der Waals surface area contributed by atoms with Crippen molar-refractivity contribution in [2.45, 2.75) is 317 Å². The van der Waals surface area contributed by atoms with Crippen LogP contribution in [0.3, 0.4) is 0 Å². The normalized spacial score (nSPS) is 11.3. The predicted molar refractivity (Wildman–Crippen MR) is 396 cm³/mol. The molecular formula is C79H157N3O5. The van der Waals surface area contributed by atoms with Crippen LogP contribution in [-0.2, 0) is 19.0 Å². The number of likely N-dealkylation sites (tertiary alicyclic amines) is 2. The highest BCUT2D eigenvalue weighted by molar-refractivity contribution is 5.92. The highest BCUT2D eigenvalue weighted by Crippen LogP contribution is 2.06. The number of carbonyl (C=O) groups is 2. The zero-order valence-corrected chi connectivity index (χ0v) is 62.4. The summed E-state index contributed by atoms with van der Waals surface area (Å²) in [4.78, 5) is 25.8. The van der Waals surface area contributed by atoms with Crippen molar-refractivity contribution in [1.29, 1.82) is 0 Å². The second-order valence-electron chi connectivity index (χ2n) is 21.8. The summed E-state index contributed by atoms with van der Waals surface area (Å²) in [6.45, 7) is 48.1. The zero-order chi connectivity index (χ0) is 67.6. The maximum atomic E-state index is 10.6. The molecule has 2 heterocycles. The Morgan fingerprint density at radius 1 is 0.333 bits per heavy atom. The van der Waals surface area contributed by atoms with Crippen LogP contribution in [0.4, 0.5) is 0 Å². The third kappa shape index (κ3) is 137. The molecule has 1 amide bonds. The first-order valence-corrected chi connectivity index (χ1v) is 36.2. The summed E-state index contributed by atoms with van der Waals surface area (Å²) in [6, 6.07) is 32.8. The molecule has 2 aliphatic rings. The number of benzene rings is 3. The van der Waals surface area contributed by atoms with Gasteiger partial charge in [0.15, 0.2) is 0 Å². The van der Waals surface area contributed by atoms with Crippen LogP contribution in [-0.4, -0.2) is 95.0 Å². The summed E-state index contributed by atoms with van der Waals surface area (Å²) in [5.74, 6) is -0.449. The van der Waals surface area contributed by atoms with E-state index in [9.17, 15) is 9.59 Å². The molecule has 2 aliphatic heterocycles. The van der Waals surface area contributed by atoms with Crippen molar-refractivity contribution in [1.82, 2.24) is 9.80 Å². The third-order valence-corrected chi connectivity index (χ3v) is 12.0. The fourth-order valence-electron chi connectivity index (χ4n) is 6.20. The molecule has 0 radical (unpaired) electrons. The molecule has 0 bridgehead atoms. The first-order valence-electron chi connectivity index (χ1n) is 36.2. The Kier molecular flexibility index (Phi) is 130. The number of carbonyl (C=O) groups excluding carboxylic acids is 2. The summed E-state index contributed by atoms with van der Waals surface area (Å²) < 4.78 is 15.5. The highest BCUT2D eigenvalue weighted by Gasteiger charge is 2.03. The molecule has 2 N–H and O–H groups in total. The van der Waals surface area contributed by atoms with E-state index in [-0.39, 0.29) is 11.9 Å². The van der Waals surface area contributed by atoms with E-state index >= 15 is 0 Å². The molecule has 0 aliphatic carbocycles. The topological polar surface area (TPSA) is 94.3 Å². The first-order chi connectivity index (χ1) is 42.2. The molecule has 8 nitrogen and oxygen atoms in total. The largest absolute Gasteiger partial charge is 0.466 e. The van der Waals surface area contributed by atoms with Gasteiger partial charge in [0, 0.05) is 25.2 Å². The number of ether oxygens (including phenoxy) is 3. The van der Waals surface area contributed by atoms with Crippen molar-refractivity contribution < 1.29 is 23.8 Å². The number of primary amides is 1. The van der Waals surface area contributed by atoms with Crippen LogP contribution in [0.2, 0.25) is 0 Å². The SMILES string of the molecule is CCC.CCCC.CCCC.CCCCC.CCCCC.CCCCC.CCCCC.CCCCOCCOCCCC.CCCOC(=O)CCC.CN1CCCCC1.CN1CCCCC1.NC(=O)c1ccccc1.c1ccccc1.c1ccccc1. The first kappa shape index (κ1) is 102. The molecule has 0 saturated carbocycles. The van der Waals surface area contributed by atoms with E-state index in [0.29, 0.717) is 18.6 Å². The summed E-state index contributed by atoms with van der Waals surface area (Å²) in [6.07, 6.45) is 38.5. The van der Waals surface area contributed by atoms with Crippen molar-refractivity contribution in [2.24, 2.45) is 5.73 Å². The molecule has 2 saturated heterocycles. The van der Waals surface area contributed by atoms with E-state index in [4.69, 9.17) is 19.9 Å². The van der Waals surface area contributed by atoms with Crippen LogP contribution in [0.5, 0.6) is 0 Å². The molecule has 0 unspecified atom stereocenters. The summed E-state index contributed by atoms with van der Waals surface area (Å²) in [5, 5.41) is 0. The minimum Gasteiger partial charge on any atom is -0.466 e. The molecule has 8 heteroatoms. The number of unbranched alkanes of at least 4 members (excludes halogenated alkanes) is 12. The lowest BCUT2D eigenvalue weighted by Crippen LogP contribution is -2.24. The lowest BCUT2D eigenvalue weighted by Gasteiger charge is -2.20. The Morgan fingerprint density at radius 2 is 0.586 bits per heavy atom. The van der Waals surface area contributed by atoms with Crippen molar-refractivity contribution in [3.05, 3.63) is 109 Å². The van der Waals surface area contributed by atoms with E-state index < -0.39 is 0 Å². The number of rotatable bonds is 24. The lowest BCUT2D eigenvalue weighted by molar-refractivity contribution is -0.143. The van der Waals surface area contributed by atoms with Crippen LogP contribution in [0.15, 0.2) is 103 Å². The summed E-state index contributed by atoms with van der Waals surface area (Å²) >= 11 is 0. The molecule has 0 spiro atoms. The molecule has 0 aromatic heterocycles. The predicted octanol–water partition coefficient (Wildman–Crippen LogP) is 24.5. The van der Waals surface area contributed by atoms with Gasteiger partial charge in [-0.2, -0.15) is 0 Å². The van der Waals surface area contributed by atoms with Crippen molar-refractivity contribution >= 4 is 11.9 Å². The molecule has 518 valence electrons. The smallest absolute Gasteiger partial charge is 0.305 e. The van der Waals surface area contributed by atoms with Crippen LogP contribution in [0.1, 0.15) is 328 Å². The maximum absolute atomic E-state index is 10.6. The number of nitrogens with two attached hydrogens (primary N) is 1. The average Bonchev–Trinajstić information content (AvgIpc) is 3.57. The highest BCUT2D eigenvalue weighted by atomic mass is 16.5. The second-order valence-corrected chi connectivity index (χ2v) is 21.8. The molecular weight excluding hydrogens is 1070 g/mol. The van der Waals surface area contributed by atoms with Gasteiger partial charge in [-0.25, -0.2) is 0 Å². The van der Waals surface area contributed by atoms with Gasteiger partial charge in [-0.05, 0) is 104 Å². The number of nitrogens with zero attached hydrogens (tertiary/aromatic N) is 2. The monoisotopic (exact) mass is 1230 g/mol. The summed E-state index contributed by atoms with van der Waals surface area (Å²) in [5.41, 5.74) is 5.53. The molecule has 3 aromatic rings. The van der Waals surface area contributed by atoms with Crippen molar-refractivity contribution in [2.75, 3.05) is 73.3 Å². The minimum atomic E-state index is -0.379. The Balaban J connectivity index is -0.000000109. The van der Waals surface area contributed by atoms with E-state index in [1.165, 1.54) is 187 Å². The fourth-order valence-corrected chi connectivity index (χ4v) is 6.20. The van der Waals surface area contributed by atoms with Gasteiger partial charge in [0.05, 0.1) is 19.8 Å². The number of amides is 1. The van der Waals surface area contributed by atoms with Crippen molar-refractivity contribution in [3.63, 3.8) is 0 Å². The van der Waals surface area contributed by atoms with Crippen LogP contribution < -0.4 is 5.73 Å². The van der Waals surface area contributed by atoms with E-state index in [1.54, 1.807) is 24.3 Å². The maximum Gasteiger partial charge on any atom is 0.305 e. The number of hydrogen-bond donors (Lipinski definition) is 1. The lowest BCUT2D eigenvalue weighted by atomic mass is 10.1. The molecule has 2 fully saturated rings. The Hall–Kier alpha value is -3.56.